The molecule has 0 fully saturated rings. The smallest absolute Gasteiger partial charge is 0.326 e. The van der Waals surface area contributed by atoms with E-state index in [4.69, 9.17) is 4.74 Å². The Kier molecular flexibility index (Phi) is 6.80. The molecule has 0 aliphatic heterocycles. The zero-order chi connectivity index (χ0) is 21.5. The molecule has 0 heterocycles. The number of rotatable bonds is 7. The van der Waals surface area contributed by atoms with Gasteiger partial charge in [-0.25, -0.2) is 0 Å². The number of carbonyl (C=O) groups excluding carboxylic acids is 3. The van der Waals surface area contributed by atoms with Gasteiger partial charge in [0.1, 0.15) is 6.54 Å². The number of nitrogens with one attached hydrogen (secondary N) is 1. The number of fused-ring (bicyclic) bond motifs is 1. The molecule has 0 bridgehead atoms. The van der Waals surface area contributed by atoms with E-state index in [1.807, 2.05) is 60.7 Å². The van der Waals surface area contributed by atoms with Gasteiger partial charge in [-0.05, 0) is 35.4 Å². The van der Waals surface area contributed by atoms with Crippen LogP contribution in [-0.4, -0.2) is 42.4 Å². The molecule has 0 unspecified atom stereocenters. The lowest BCUT2D eigenvalue weighted by atomic mass is 10.1. The molecule has 3 aromatic rings. The topological polar surface area (TPSA) is 75.7 Å². The molecule has 0 radical (unpaired) electrons. The van der Waals surface area contributed by atoms with Crippen molar-refractivity contribution in [1.82, 2.24) is 10.2 Å². The normalized spacial score (nSPS) is 11.5. The first-order chi connectivity index (χ1) is 14.4. The molecule has 3 aromatic carbocycles. The van der Waals surface area contributed by atoms with E-state index in [1.54, 1.807) is 19.2 Å². The maximum Gasteiger partial charge on any atom is 0.326 e. The van der Waals surface area contributed by atoms with Gasteiger partial charge in [0.05, 0.1) is 0 Å². The molecule has 1 atom stereocenters. The van der Waals surface area contributed by atoms with E-state index in [2.05, 4.69) is 5.32 Å². The van der Waals surface area contributed by atoms with Crippen molar-refractivity contribution in [1.29, 1.82) is 0 Å². The lowest BCUT2D eigenvalue weighted by molar-refractivity contribution is -0.157. The number of hydrogen-bond acceptors (Lipinski definition) is 4. The largest absolute Gasteiger partial charge is 0.451 e. The molecule has 0 aromatic heterocycles. The minimum Gasteiger partial charge on any atom is -0.451 e. The summed E-state index contributed by atoms with van der Waals surface area (Å²) in [5.74, 6) is -1.36. The lowest BCUT2D eigenvalue weighted by Crippen LogP contribution is -2.39. The fourth-order valence-corrected chi connectivity index (χ4v) is 3.12. The lowest BCUT2D eigenvalue weighted by Gasteiger charge is -2.21. The van der Waals surface area contributed by atoms with Crippen LogP contribution < -0.4 is 5.32 Å². The highest BCUT2D eigenvalue weighted by Crippen LogP contribution is 2.15. The van der Waals surface area contributed by atoms with Gasteiger partial charge in [-0.15, -0.1) is 0 Å². The Balaban J connectivity index is 1.49. The number of amides is 2. The number of hydrogen-bond donors (Lipinski definition) is 1. The number of esters is 1. The van der Waals surface area contributed by atoms with E-state index in [9.17, 15) is 14.4 Å². The van der Waals surface area contributed by atoms with Gasteiger partial charge in [0, 0.05) is 19.2 Å². The first kappa shape index (κ1) is 21.0. The molecule has 1 N–H and O–H groups in total. The van der Waals surface area contributed by atoms with Crippen molar-refractivity contribution in [3.05, 3.63) is 83.9 Å². The van der Waals surface area contributed by atoms with Crippen LogP contribution >= 0.6 is 0 Å². The molecule has 0 spiro atoms. The maximum absolute atomic E-state index is 12.4. The monoisotopic (exact) mass is 404 g/mol. The Hall–Kier alpha value is -3.67. The summed E-state index contributed by atoms with van der Waals surface area (Å²) in [6.07, 6.45) is -0.941. The Morgan fingerprint density at radius 1 is 0.933 bits per heavy atom. The van der Waals surface area contributed by atoms with Crippen LogP contribution in [0.2, 0.25) is 0 Å². The van der Waals surface area contributed by atoms with Crippen LogP contribution in [0.4, 0.5) is 0 Å². The Morgan fingerprint density at radius 3 is 2.33 bits per heavy atom. The van der Waals surface area contributed by atoms with Crippen molar-refractivity contribution in [3.8, 4) is 0 Å². The van der Waals surface area contributed by atoms with Crippen LogP contribution in [0.1, 0.15) is 22.8 Å². The minimum atomic E-state index is -0.941. The molecule has 6 heteroatoms. The van der Waals surface area contributed by atoms with Crippen LogP contribution in [0.3, 0.4) is 0 Å². The highest BCUT2D eigenvalue weighted by Gasteiger charge is 2.22. The summed E-state index contributed by atoms with van der Waals surface area (Å²) in [5, 5.41) is 4.50. The summed E-state index contributed by atoms with van der Waals surface area (Å²) >= 11 is 0. The van der Waals surface area contributed by atoms with Crippen molar-refractivity contribution >= 4 is 28.6 Å². The average Bonchev–Trinajstić information content (AvgIpc) is 2.77. The second-order valence-corrected chi connectivity index (χ2v) is 7.06. The molecule has 0 saturated carbocycles. The summed E-state index contributed by atoms with van der Waals surface area (Å²) < 4.78 is 5.18. The molecule has 2 amide bonds. The van der Waals surface area contributed by atoms with Gasteiger partial charge >= 0.3 is 5.97 Å². The van der Waals surface area contributed by atoms with Crippen molar-refractivity contribution in [2.24, 2.45) is 0 Å². The van der Waals surface area contributed by atoms with Gasteiger partial charge < -0.3 is 15.0 Å². The number of ether oxygens (including phenoxy) is 1. The molecule has 30 heavy (non-hydrogen) atoms. The Bertz CT molecular complexity index is 1050. The number of carbonyl (C=O) groups is 3. The summed E-state index contributed by atoms with van der Waals surface area (Å²) in [7, 11) is 1.65. The molecule has 6 nitrogen and oxygen atoms in total. The summed E-state index contributed by atoms with van der Waals surface area (Å²) in [6, 6.07) is 22.6. The van der Waals surface area contributed by atoms with Gasteiger partial charge in [-0.1, -0.05) is 60.7 Å². The molecule has 0 saturated heterocycles. The third kappa shape index (κ3) is 5.44. The van der Waals surface area contributed by atoms with Gasteiger partial charge in [-0.3, -0.25) is 14.4 Å². The average molecular weight is 404 g/mol. The number of nitrogens with zero attached hydrogens (tertiary/aromatic N) is 1. The summed E-state index contributed by atoms with van der Waals surface area (Å²) in [5.41, 5.74) is 1.43. The minimum absolute atomic E-state index is 0.312. The number of likely N-dealkylation sites (N-methyl/N-ethyl adjacent to an activating group) is 1. The van der Waals surface area contributed by atoms with Crippen molar-refractivity contribution in [3.63, 3.8) is 0 Å². The SMILES string of the molecule is C[C@H](OC(=O)CNC(=O)c1ccc2ccccc2c1)C(=O)N(C)Cc1ccccc1. The van der Waals surface area contributed by atoms with E-state index in [-0.39, 0.29) is 18.4 Å². The van der Waals surface area contributed by atoms with E-state index >= 15 is 0 Å². The fourth-order valence-electron chi connectivity index (χ4n) is 3.12. The van der Waals surface area contributed by atoms with Crippen LogP contribution in [0.15, 0.2) is 72.8 Å². The Labute approximate surface area is 175 Å². The molecule has 0 aliphatic carbocycles. The number of benzene rings is 3. The van der Waals surface area contributed by atoms with Gasteiger partial charge in [0.15, 0.2) is 6.10 Å². The molecule has 154 valence electrons. The molecular formula is C24H24N2O4. The van der Waals surface area contributed by atoms with Gasteiger partial charge in [0.25, 0.3) is 11.8 Å². The van der Waals surface area contributed by atoms with Crippen molar-refractivity contribution in [2.75, 3.05) is 13.6 Å². The Morgan fingerprint density at radius 2 is 1.60 bits per heavy atom. The third-order valence-corrected chi connectivity index (χ3v) is 4.70. The second kappa shape index (κ2) is 9.69. The predicted molar refractivity (Wildman–Crippen MR) is 115 cm³/mol. The van der Waals surface area contributed by atoms with E-state index in [0.717, 1.165) is 16.3 Å². The first-order valence-corrected chi connectivity index (χ1v) is 9.69. The predicted octanol–water partition coefficient (Wildman–Crippen LogP) is 3.16. The maximum atomic E-state index is 12.4. The summed E-state index contributed by atoms with van der Waals surface area (Å²) in [4.78, 5) is 38.3. The molecular weight excluding hydrogens is 380 g/mol. The van der Waals surface area contributed by atoms with Crippen LogP contribution in [0, 0.1) is 0 Å². The van der Waals surface area contributed by atoms with Crippen LogP contribution in [-0.2, 0) is 20.9 Å². The standard InChI is InChI=1S/C24H24N2O4/c1-17(24(29)26(2)16-18-8-4-3-5-9-18)30-22(27)15-25-23(28)21-13-12-19-10-6-7-11-20(19)14-21/h3-14,17H,15-16H2,1-2H3,(H,25,28)/t17-/m0/s1. The van der Waals surface area contributed by atoms with E-state index < -0.39 is 12.1 Å². The van der Waals surface area contributed by atoms with Gasteiger partial charge in [-0.2, -0.15) is 0 Å². The molecule has 0 aliphatic rings. The quantitative estimate of drug-likeness (QED) is 0.614. The second-order valence-electron chi connectivity index (χ2n) is 7.06. The highest BCUT2D eigenvalue weighted by atomic mass is 16.5. The molecule has 3 rings (SSSR count). The third-order valence-electron chi connectivity index (χ3n) is 4.70. The highest BCUT2D eigenvalue weighted by molar-refractivity contribution is 5.99. The van der Waals surface area contributed by atoms with Gasteiger partial charge in [0.2, 0.25) is 0 Å². The van der Waals surface area contributed by atoms with Crippen molar-refractivity contribution in [2.45, 2.75) is 19.6 Å². The fraction of sp³-hybridized carbons (Fsp3) is 0.208. The van der Waals surface area contributed by atoms with Crippen molar-refractivity contribution < 1.29 is 19.1 Å². The van der Waals surface area contributed by atoms with E-state index in [0.29, 0.717) is 12.1 Å². The first-order valence-electron chi connectivity index (χ1n) is 9.69. The van der Waals surface area contributed by atoms with Crippen LogP contribution in [0.25, 0.3) is 10.8 Å². The van der Waals surface area contributed by atoms with Crippen LogP contribution in [0.5, 0.6) is 0 Å². The zero-order valence-corrected chi connectivity index (χ0v) is 17.0. The zero-order valence-electron chi connectivity index (χ0n) is 17.0. The summed E-state index contributed by atoms with van der Waals surface area (Å²) in [6.45, 7) is 1.62. The van der Waals surface area contributed by atoms with E-state index in [1.165, 1.54) is 11.8 Å².